The first-order chi connectivity index (χ1) is 9.03. The van der Waals surface area contributed by atoms with Gasteiger partial charge in [-0.15, -0.1) is 6.58 Å². The molecule has 1 aliphatic heterocycles. The average Bonchev–Trinajstić information content (AvgIpc) is 2.36. The minimum atomic E-state index is 0.243. The molecule has 1 saturated heterocycles. The van der Waals surface area contributed by atoms with Gasteiger partial charge in [-0.2, -0.15) is 0 Å². The Bertz CT molecular complexity index is 242. The highest BCUT2D eigenvalue weighted by molar-refractivity contribution is 4.82. The third kappa shape index (κ3) is 7.74. The number of rotatable bonds is 8. The Morgan fingerprint density at radius 1 is 1.21 bits per heavy atom. The molecule has 19 heavy (non-hydrogen) atoms. The molecular formula is C17H34N2. The van der Waals surface area contributed by atoms with Gasteiger partial charge in [-0.3, -0.25) is 4.90 Å². The van der Waals surface area contributed by atoms with Gasteiger partial charge in [0.25, 0.3) is 0 Å². The fraction of sp³-hybridized carbons (Fsp3) is 0.882. The van der Waals surface area contributed by atoms with Gasteiger partial charge < -0.3 is 5.32 Å². The van der Waals surface area contributed by atoms with Crippen LogP contribution in [-0.4, -0.2) is 36.1 Å². The van der Waals surface area contributed by atoms with E-state index in [0.29, 0.717) is 0 Å². The molecule has 0 aromatic rings. The molecule has 1 N–H and O–H groups in total. The largest absolute Gasteiger partial charge is 0.311 e. The van der Waals surface area contributed by atoms with Gasteiger partial charge in [-0.05, 0) is 66.0 Å². The molecule has 1 atom stereocenters. The van der Waals surface area contributed by atoms with Crippen molar-refractivity contribution in [3.05, 3.63) is 12.7 Å². The summed E-state index contributed by atoms with van der Waals surface area (Å²) < 4.78 is 0. The molecule has 0 aliphatic carbocycles. The highest BCUT2D eigenvalue weighted by atomic mass is 15.2. The van der Waals surface area contributed by atoms with Crippen molar-refractivity contribution < 1.29 is 0 Å². The van der Waals surface area contributed by atoms with Crippen LogP contribution in [0.5, 0.6) is 0 Å². The second kappa shape index (κ2) is 8.76. The first-order valence-electron chi connectivity index (χ1n) is 8.13. The lowest BCUT2D eigenvalue weighted by Crippen LogP contribution is -2.49. The lowest BCUT2D eigenvalue weighted by Gasteiger charge is -2.37. The minimum Gasteiger partial charge on any atom is -0.311 e. The number of unbranched alkanes of at least 4 members (excludes halogenated alkanes) is 3. The lowest BCUT2D eigenvalue weighted by molar-refractivity contribution is 0.136. The van der Waals surface area contributed by atoms with Gasteiger partial charge in [0.2, 0.25) is 0 Å². The molecular weight excluding hydrogens is 232 g/mol. The Labute approximate surface area is 120 Å². The third-order valence-electron chi connectivity index (χ3n) is 3.97. The number of nitrogens with one attached hydrogen (secondary N) is 1. The Kier molecular flexibility index (Phi) is 7.70. The standard InChI is InChI=1S/C17H34N2/c1-5-6-7-8-10-13-19-14-11-9-12-16(19)15-18-17(2,3)4/h5,16,18H,1,6-15H2,2-4H3. The summed E-state index contributed by atoms with van der Waals surface area (Å²) in [5.74, 6) is 0. The second-order valence-electron chi connectivity index (χ2n) is 6.95. The predicted molar refractivity (Wildman–Crippen MR) is 85.6 cm³/mol. The summed E-state index contributed by atoms with van der Waals surface area (Å²) in [6, 6.07) is 0.757. The van der Waals surface area contributed by atoms with E-state index in [1.54, 1.807) is 0 Å². The van der Waals surface area contributed by atoms with Crippen molar-refractivity contribution in [2.45, 2.75) is 77.3 Å². The molecule has 112 valence electrons. The Morgan fingerprint density at radius 2 is 2.00 bits per heavy atom. The average molecular weight is 266 g/mol. The van der Waals surface area contributed by atoms with Crippen molar-refractivity contribution in [3.8, 4) is 0 Å². The van der Waals surface area contributed by atoms with E-state index in [2.05, 4.69) is 37.6 Å². The van der Waals surface area contributed by atoms with Crippen LogP contribution in [-0.2, 0) is 0 Å². The minimum absolute atomic E-state index is 0.243. The van der Waals surface area contributed by atoms with Gasteiger partial charge in [-0.25, -0.2) is 0 Å². The van der Waals surface area contributed by atoms with Gasteiger partial charge in [0.15, 0.2) is 0 Å². The molecule has 0 spiro atoms. The molecule has 0 radical (unpaired) electrons. The van der Waals surface area contributed by atoms with Crippen molar-refractivity contribution in [1.29, 1.82) is 0 Å². The van der Waals surface area contributed by atoms with Crippen molar-refractivity contribution in [1.82, 2.24) is 10.2 Å². The van der Waals surface area contributed by atoms with Gasteiger partial charge >= 0.3 is 0 Å². The predicted octanol–water partition coefficient (Wildman–Crippen LogP) is 3.98. The van der Waals surface area contributed by atoms with E-state index in [1.807, 2.05) is 6.08 Å². The maximum atomic E-state index is 3.79. The normalized spacial score (nSPS) is 21.5. The van der Waals surface area contributed by atoms with E-state index >= 15 is 0 Å². The molecule has 1 fully saturated rings. The van der Waals surface area contributed by atoms with Crippen LogP contribution < -0.4 is 5.32 Å². The summed E-state index contributed by atoms with van der Waals surface area (Å²) in [4.78, 5) is 2.72. The first kappa shape index (κ1) is 16.7. The summed E-state index contributed by atoms with van der Waals surface area (Å²) in [5, 5.41) is 3.68. The Hall–Kier alpha value is -0.340. The molecule has 1 unspecified atom stereocenters. The summed E-state index contributed by atoms with van der Waals surface area (Å²) in [6.45, 7) is 14.3. The van der Waals surface area contributed by atoms with Crippen LogP contribution in [0.25, 0.3) is 0 Å². The van der Waals surface area contributed by atoms with Gasteiger partial charge in [-0.1, -0.05) is 18.9 Å². The number of nitrogens with zero attached hydrogens (tertiary/aromatic N) is 1. The maximum absolute atomic E-state index is 3.79. The smallest absolute Gasteiger partial charge is 0.0220 e. The molecule has 0 amide bonds. The van der Waals surface area contributed by atoms with Crippen LogP contribution in [0.4, 0.5) is 0 Å². The SMILES string of the molecule is C=CCCCCCN1CCCCC1CNC(C)(C)C. The second-order valence-corrected chi connectivity index (χ2v) is 6.95. The Balaban J connectivity index is 2.25. The molecule has 1 aliphatic rings. The number of likely N-dealkylation sites (tertiary alicyclic amines) is 1. The van der Waals surface area contributed by atoms with Gasteiger partial charge in [0.1, 0.15) is 0 Å². The molecule has 0 bridgehead atoms. The van der Waals surface area contributed by atoms with E-state index in [0.717, 1.165) is 12.6 Å². The highest BCUT2D eigenvalue weighted by Gasteiger charge is 2.23. The summed E-state index contributed by atoms with van der Waals surface area (Å²) in [6.07, 6.45) is 11.4. The van der Waals surface area contributed by atoms with E-state index < -0.39 is 0 Å². The van der Waals surface area contributed by atoms with Gasteiger partial charge in [0, 0.05) is 18.1 Å². The number of hydrogen-bond acceptors (Lipinski definition) is 2. The maximum Gasteiger partial charge on any atom is 0.0220 e. The molecule has 0 aromatic heterocycles. The quantitative estimate of drug-likeness (QED) is 0.528. The topological polar surface area (TPSA) is 15.3 Å². The molecule has 0 aromatic carbocycles. The molecule has 1 heterocycles. The van der Waals surface area contributed by atoms with Crippen LogP contribution in [0.15, 0.2) is 12.7 Å². The van der Waals surface area contributed by atoms with Crippen LogP contribution in [0.3, 0.4) is 0 Å². The first-order valence-corrected chi connectivity index (χ1v) is 8.13. The summed E-state index contributed by atoms with van der Waals surface area (Å²) >= 11 is 0. The van der Waals surface area contributed by atoms with Crippen LogP contribution in [0.1, 0.15) is 65.7 Å². The number of piperidine rings is 1. The summed E-state index contributed by atoms with van der Waals surface area (Å²) in [7, 11) is 0. The van der Waals surface area contributed by atoms with E-state index in [4.69, 9.17) is 0 Å². The van der Waals surface area contributed by atoms with Crippen LogP contribution in [0, 0.1) is 0 Å². The summed E-state index contributed by atoms with van der Waals surface area (Å²) in [5.41, 5.74) is 0.243. The van der Waals surface area contributed by atoms with E-state index in [-0.39, 0.29) is 5.54 Å². The van der Waals surface area contributed by atoms with E-state index in [1.165, 1.54) is 58.0 Å². The van der Waals surface area contributed by atoms with Gasteiger partial charge in [0.05, 0.1) is 0 Å². The van der Waals surface area contributed by atoms with Crippen LogP contribution in [0.2, 0.25) is 0 Å². The van der Waals surface area contributed by atoms with Crippen molar-refractivity contribution in [3.63, 3.8) is 0 Å². The fourth-order valence-electron chi connectivity index (χ4n) is 2.79. The fourth-order valence-corrected chi connectivity index (χ4v) is 2.79. The molecule has 1 rings (SSSR count). The monoisotopic (exact) mass is 266 g/mol. The molecule has 2 nitrogen and oxygen atoms in total. The lowest BCUT2D eigenvalue weighted by atomic mass is 10.00. The number of hydrogen-bond donors (Lipinski definition) is 1. The van der Waals surface area contributed by atoms with Crippen LogP contribution >= 0.6 is 0 Å². The third-order valence-corrected chi connectivity index (χ3v) is 3.97. The van der Waals surface area contributed by atoms with E-state index in [9.17, 15) is 0 Å². The molecule has 2 heteroatoms. The van der Waals surface area contributed by atoms with Crippen molar-refractivity contribution in [2.75, 3.05) is 19.6 Å². The zero-order valence-electron chi connectivity index (χ0n) is 13.4. The number of allylic oxidation sites excluding steroid dienone is 1. The molecule has 0 saturated carbocycles. The highest BCUT2D eigenvalue weighted by Crippen LogP contribution is 2.18. The van der Waals surface area contributed by atoms with Crippen molar-refractivity contribution >= 4 is 0 Å². The zero-order valence-corrected chi connectivity index (χ0v) is 13.4. The Morgan fingerprint density at radius 3 is 2.68 bits per heavy atom. The zero-order chi connectivity index (χ0) is 14.1. The van der Waals surface area contributed by atoms with Crippen molar-refractivity contribution in [2.24, 2.45) is 0 Å².